The Morgan fingerprint density at radius 1 is 0.839 bits per heavy atom. The van der Waals surface area contributed by atoms with Gasteiger partial charge in [0.15, 0.2) is 0 Å². The van der Waals surface area contributed by atoms with Crippen molar-refractivity contribution in [3.8, 4) is 0 Å². The van der Waals surface area contributed by atoms with Gasteiger partial charge in [-0.1, -0.05) is 13.8 Å². The number of esters is 2. The molecule has 0 heterocycles. The molecule has 0 aromatic rings. The van der Waals surface area contributed by atoms with Gasteiger partial charge in [0.2, 0.25) is 0 Å². The van der Waals surface area contributed by atoms with E-state index in [2.05, 4.69) is 6.92 Å². The van der Waals surface area contributed by atoms with Crippen LogP contribution in [0, 0.1) is 46.8 Å². The smallest absolute Gasteiger partial charge is 0.312 e. The number of rotatable bonds is 5. The van der Waals surface area contributed by atoms with Crippen molar-refractivity contribution >= 4 is 11.9 Å². The molecule has 8 rings (SSSR count). The summed E-state index contributed by atoms with van der Waals surface area (Å²) in [6, 6.07) is 0. The Morgan fingerprint density at radius 3 is 1.94 bits per heavy atom. The summed E-state index contributed by atoms with van der Waals surface area (Å²) < 4.78 is 12.9. The predicted octanol–water partition coefficient (Wildman–Crippen LogP) is 5.67. The van der Waals surface area contributed by atoms with Crippen LogP contribution < -0.4 is 0 Å². The fraction of sp³-hybridized carbons (Fsp3) is 0.926. The van der Waals surface area contributed by atoms with Gasteiger partial charge in [-0.25, -0.2) is 0 Å². The van der Waals surface area contributed by atoms with E-state index in [4.69, 9.17) is 9.47 Å². The maximum atomic E-state index is 13.9. The Hall–Kier alpha value is -1.06. The van der Waals surface area contributed by atoms with Gasteiger partial charge in [-0.15, -0.1) is 0 Å². The number of carbonyl (C=O) groups is 2. The summed E-state index contributed by atoms with van der Waals surface area (Å²) in [7, 11) is 0. The van der Waals surface area contributed by atoms with E-state index in [1.165, 1.54) is 38.5 Å². The van der Waals surface area contributed by atoms with Crippen LogP contribution in [0.15, 0.2) is 0 Å². The molecule has 0 radical (unpaired) electrons. The van der Waals surface area contributed by atoms with E-state index in [0.29, 0.717) is 30.1 Å². The second-order valence-corrected chi connectivity index (χ2v) is 13.0. The quantitative estimate of drug-likeness (QED) is 0.529. The summed E-state index contributed by atoms with van der Waals surface area (Å²) in [4.78, 5) is 26.7. The van der Waals surface area contributed by atoms with Crippen LogP contribution in [0.25, 0.3) is 0 Å². The minimum Gasteiger partial charge on any atom is -0.459 e. The third kappa shape index (κ3) is 3.05. The molecule has 0 aliphatic heterocycles. The molecule has 3 atom stereocenters. The Kier molecular flexibility index (Phi) is 4.46. The molecule has 8 saturated carbocycles. The Morgan fingerprint density at radius 2 is 1.39 bits per heavy atom. The van der Waals surface area contributed by atoms with Crippen molar-refractivity contribution < 1.29 is 19.1 Å². The lowest BCUT2D eigenvalue weighted by atomic mass is 9.47. The van der Waals surface area contributed by atoms with Gasteiger partial charge in [0.1, 0.15) is 11.2 Å². The third-order valence-electron chi connectivity index (χ3n) is 10.8. The minimum atomic E-state index is -0.422. The van der Waals surface area contributed by atoms with E-state index in [0.717, 1.165) is 43.9 Å². The zero-order chi connectivity index (χ0) is 21.6. The van der Waals surface area contributed by atoms with Crippen molar-refractivity contribution in [3.63, 3.8) is 0 Å². The summed E-state index contributed by atoms with van der Waals surface area (Å²) in [6.45, 7) is 6.26. The van der Waals surface area contributed by atoms with Crippen LogP contribution >= 0.6 is 0 Å². The average Bonchev–Trinajstić information content (AvgIpc) is 2.69. The maximum absolute atomic E-state index is 13.9. The molecule has 8 fully saturated rings. The third-order valence-corrected chi connectivity index (χ3v) is 10.8. The van der Waals surface area contributed by atoms with Crippen LogP contribution in [-0.2, 0) is 19.1 Å². The van der Waals surface area contributed by atoms with E-state index in [1.807, 2.05) is 13.8 Å². The van der Waals surface area contributed by atoms with Gasteiger partial charge in [-0.2, -0.15) is 0 Å². The lowest BCUT2D eigenvalue weighted by molar-refractivity contribution is -0.237. The molecule has 8 aliphatic rings. The molecule has 0 N–H and O–H groups in total. The van der Waals surface area contributed by atoms with E-state index in [1.54, 1.807) is 0 Å². The lowest BCUT2D eigenvalue weighted by Crippen LogP contribution is -2.63. The fourth-order valence-electron chi connectivity index (χ4n) is 9.61. The SMILES string of the molecule is CCC(C)C(=O)OC12CC3CC(C1)CC(C(=O)OC1(C)C4CC5CC(C4)CC1C5)(C3)C2. The molecule has 8 bridgehead atoms. The topological polar surface area (TPSA) is 52.6 Å². The molecule has 4 nitrogen and oxygen atoms in total. The van der Waals surface area contributed by atoms with E-state index < -0.39 is 11.0 Å². The van der Waals surface area contributed by atoms with Crippen LogP contribution in [0.2, 0.25) is 0 Å². The highest BCUT2D eigenvalue weighted by Crippen LogP contribution is 2.65. The van der Waals surface area contributed by atoms with Gasteiger partial charge in [-0.05, 0) is 113 Å². The molecule has 172 valence electrons. The molecule has 0 saturated heterocycles. The van der Waals surface area contributed by atoms with E-state index in [-0.39, 0.29) is 23.5 Å². The van der Waals surface area contributed by atoms with E-state index in [9.17, 15) is 9.59 Å². The lowest BCUT2D eigenvalue weighted by Gasteiger charge is -2.62. The largest absolute Gasteiger partial charge is 0.459 e. The summed E-state index contributed by atoms with van der Waals surface area (Å²) in [5.74, 6) is 3.78. The Bertz CT molecular complexity index is 742. The summed E-state index contributed by atoms with van der Waals surface area (Å²) in [6.07, 6.45) is 12.9. The van der Waals surface area contributed by atoms with Crippen molar-refractivity contribution in [2.75, 3.05) is 0 Å². The minimum absolute atomic E-state index is 0.0561. The van der Waals surface area contributed by atoms with Crippen LogP contribution in [0.5, 0.6) is 0 Å². The molecule has 0 aromatic heterocycles. The van der Waals surface area contributed by atoms with Gasteiger partial charge in [0.05, 0.1) is 11.3 Å². The Balaban J connectivity index is 1.24. The summed E-state index contributed by atoms with van der Waals surface area (Å²) in [5, 5.41) is 0. The average molecular weight is 429 g/mol. The van der Waals surface area contributed by atoms with Crippen LogP contribution in [0.4, 0.5) is 0 Å². The van der Waals surface area contributed by atoms with Gasteiger partial charge < -0.3 is 9.47 Å². The zero-order valence-corrected chi connectivity index (χ0v) is 19.7. The van der Waals surface area contributed by atoms with Crippen molar-refractivity contribution in [3.05, 3.63) is 0 Å². The molecule has 31 heavy (non-hydrogen) atoms. The molecule has 4 heteroatoms. The van der Waals surface area contributed by atoms with Crippen molar-refractivity contribution in [1.82, 2.24) is 0 Å². The molecular weight excluding hydrogens is 388 g/mol. The maximum Gasteiger partial charge on any atom is 0.312 e. The molecule has 0 aromatic carbocycles. The van der Waals surface area contributed by atoms with E-state index >= 15 is 0 Å². The molecular formula is C27H40O4. The number of hydrogen-bond donors (Lipinski definition) is 0. The summed E-state index contributed by atoms with van der Waals surface area (Å²) >= 11 is 0. The van der Waals surface area contributed by atoms with Crippen LogP contribution in [-0.4, -0.2) is 23.1 Å². The number of carbonyl (C=O) groups excluding carboxylic acids is 2. The first kappa shape index (κ1) is 20.5. The second kappa shape index (κ2) is 6.73. The van der Waals surface area contributed by atoms with Crippen molar-refractivity contribution in [2.45, 2.75) is 109 Å². The highest BCUT2D eigenvalue weighted by molar-refractivity contribution is 5.79. The monoisotopic (exact) mass is 428 g/mol. The second-order valence-electron chi connectivity index (χ2n) is 13.0. The first-order valence-corrected chi connectivity index (χ1v) is 13.2. The first-order valence-electron chi connectivity index (χ1n) is 13.2. The highest BCUT2D eigenvalue weighted by Gasteiger charge is 2.65. The van der Waals surface area contributed by atoms with Gasteiger partial charge in [0, 0.05) is 6.42 Å². The van der Waals surface area contributed by atoms with Gasteiger partial charge in [-0.3, -0.25) is 9.59 Å². The highest BCUT2D eigenvalue weighted by atomic mass is 16.6. The number of ether oxygens (including phenoxy) is 2. The normalized spacial score (nSPS) is 52.2. The van der Waals surface area contributed by atoms with Crippen molar-refractivity contribution in [1.29, 1.82) is 0 Å². The molecule has 0 spiro atoms. The first-order chi connectivity index (χ1) is 14.7. The van der Waals surface area contributed by atoms with Gasteiger partial charge >= 0.3 is 11.9 Å². The molecule has 8 aliphatic carbocycles. The van der Waals surface area contributed by atoms with Gasteiger partial charge in [0.25, 0.3) is 0 Å². The number of hydrogen-bond acceptors (Lipinski definition) is 4. The predicted molar refractivity (Wildman–Crippen MR) is 117 cm³/mol. The fourth-order valence-corrected chi connectivity index (χ4v) is 9.61. The van der Waals surface area contributed by atoms with Crippen LogP contribution in [0.1, 0.15) is 97.8 Å². The van der Waals surface area contributed by atoms with Crippen molar-refractivity contribution in [2.24, 2.45) is 46.8 Å². The van der Waals surface area contributed by atoms with Crippen LogP contribution in [0.3, 0.4) is 0 Å². The summed E-state index contributed by atoms with van der Waals surface area (Å²) in [5.41, 5.74) is -1.11. The Labute approximate surface area is 187 Å². The standard InChI is InChI=1S/C27H40O4/c1-4-16(2)23(28)30-27-13-19-6-20(14-27)12-26(11-19,15-27)24(29)31-25(3)21-7-17-5-18(9-21)10-22(25)8-17/h16-22H,4-15H2,1-3H3. The zero-order valence-electron chi connectivity index (χ0n) is 19.7. The molecule has 0 amide bonds. The molecule has 3 unspecified atom stereocenters.